The molecule has 0 aromatic carbocycles. The van der Waals surface area contributed by atoms with Gasteiger partial charge in [0.2, 0.25) is 11.8 Å². The van der Waals surface area contributed by atoms with Crippen LogP contribution in [-0.4, -0.2) is 54.3 Å². The van der Waals surface area contributed by atoms with Crippen molar-refractivity contribution in [2.75, 3.05) is 31.6 Å². The summed E-state index contributed by atoms with van der Waals surface area (Å²) in [6, 6.07) is 5.51. The number of carbonyl (C=O) groups is 1. The Hall–Kier alpha value is -2.19. The van der Waals surface area contributed by atoms with E-state index in [2.05, 4.69) is 20.2 Å². The number of anilines is 1. The molecule has 2 aromatic heterocycles. The number of fused-ring (bicyclic) bond motifs is 1. The Balaban J connectivity index is 1.31. The van der Waals surface area contributed by atoms with Crippen LogP contribution in [0.15, 0.2) is 29.8 Å². The number of ether oxygens (including phenoxy) is 2. The number of aromatic nitrogens is 2. The Morgan fingerprint density at radius 1 is 1.52 bits per heavy atom. The van der Waals surface area contributed by atoms with Gasteiger partial charge in [0, 0.05) is 37.2 Å². The molecule has 3 aliphatic rings. The third-order valence-electron chi connectivity index (χ3n) is 6.14. The van der Waals surface area contributed by atoms with E-state index < -0.39 is 0 Å². The number of nitrogens with one attached hydrogen (secondary N) is 1. The summed E-state index contributed by atoms with van der Waals surface area (Å²) in [4.78, 5) is 24.2. The highest BCUT2D eigenvalue weighted by Gasteiger charge is 2.63. The molecule has 1 N–H and O–H groups in total. The van der Waals surface area contributed by atoms with E-state index in [9.17, 15) is 4.79 Å². The zero-order chi connectivity index (χ0) is 18.4. The van der Waals surface area contributed by atoms with Gasteiger partial charge in [-0.05, 0) is 24.3 Å². The molecule has 4 atom stereocenters. The van der Waals surface area contributed by atoms with Gasteiger partial charge in [0.25, 0.3) is 5.91 Å². The summed E-state index contributed by atoms with van der Waals surface area (Å²) in [5, 5.41) is 5.04. The topological polar surface area (TPSA) is 76.6 Å². The fourth-order valence-corrected chi connectivity index (χ4v) is 5.56. The van der Waals surface area contributed by atoms with E-state index in [4.69, 9.17) is 9.47 Å². The van der Waals surface area contributed by atoms with Gasteiger partial charge in [-0.25, -0.2) is 4.98 Å². The molecule has 0 saturated carbocycles. The van der Waals surface area contributed by atoms with Crippen LogP contribution in [0.25, 0.3) is 0 Å². The van der Waals surface area contributed by atoms with Crippen LogP contribution in [0, 0.1) is 11.8 Å². The second-order valence-corrected chi connectivity index (χ2v) is 8.44. The lowest BCUT2D eigenvalue weighted by Gasteiger charge is -2.29. The van der Waals surface area contributed by atoms with Crippen molar-refractivity contribution in [2.24, 2.45) is 11.8 Å². The predicted molar refractivity (Wildman–Crippen MR) is 101 cm³/mol. The van der Waals surface area contributed by atoms with E-state index in [1.165, 1.54) is 11.3 Å². The van der Waals surface area contributed by atoms with Gasteiger partial charge in [0.05, 0.1) is 30.2 Å². The molecule has 5 heterocycles. The number of methoxy groups -OCH3 is 1. The molecule has 2 bridgehead atoms. The molecule has 0 aliphatic carbocycles. The molecule has 8 heteroatoms. The van der Waals surface area contributed by atoms with Crippen LogP contribution in [0.5, 0.6) is 5.88 Å². The minimum atomic E-state index is -0.130. The lowest BCUT2D eigenvalue weighted by Crippen LogP contribution is -2.41. The van der Waals surface area contributed by atoms with Gasteiger partial charge in [0.1, 0.15) is 0 Å². The third-order valence-corrected chi connectivity index (χ3v) is 7.01. The predicted octanol–water partition coefficient (Wildman–Crippen LogP) is 1.96. The van der Waals surface area contributed by atoms with Crippen molar-refractivity contribution in [1.29, 1.82) is 0 Å². The van der Waals surface area contributed by atoms with Gasteiger partial charge in [-0.15, -0.1) is 11.3 Å². The monoisotopic (exact) mass is 386 g/mol. The molecule has 5 rings (SSSR count). The number of carbonyl (C=O) groups excluding carboxylic acids is 1. The van der Waals surface area contributed by atoms with Gasteiger partial charge < -0.3 is 19.7 Å². The summed E-state index contributed by atoms with van der Waals surface area (Å²) in [5.41, 5.74) is -0.130. The molecule has 1 amide bonds. The van der Waals surface area contributed by atoms with Crippen LogP contribution in [0.1, 0.15) is 22.5 Å². The van der Waals surface area contributed by atoms with E-state index in [0.717, 1.165) is 30.8 Å². The van der Waals surface area contributed by atoms with Crippen molar-refractivity contribution in [2.45, 2.75) is 24.5 Å². The van der Waals surface area contributed by atoms with Crippen molar-refractivity contribution >= 4 is 23.2 Å². The van der Waals surface area contributed by atoms with Gasteiger partial charge in [-0.2, -0.15) is 4.98 Å². The highest BCUT2D eigenvalue weighted by Crippen LogP contribution is 2.55. The molecule has 7 nitrogen and oxygen atoms in total. The van der Waals surface area contributed by atoms with E-state index in [0.29, 0.717) is 30.2 Å². The first-order chi connectivity index (χ1) is 13.2. The lowest BCUT2D eigenvalue weighted by atomic mass is 9.73. The Labute approximate surface area is 161 Å². The fourth-order valence-electron chi connectivity index (χ4n) is 4.92. The first-order valence-electron chi connectivity index (χ1n) is 9.30. The number of thiophene rings is 1. The molecule has 3 saturated heterocycles. The summed E-state index contributed by atoms with van der Waals surface area (Å²) in [6.07, 6.45) is 4.09. The quantitative estimate of drug-likeness (QED) is 0.847. The van der Waals surface area contributed by atoms with Crippen LogP contribution in [-0.2, 0) is 4.74 Å². The van der Waals surface area contributed by atoms with E-state index in [1.807, 2.05) is 17.5 Å². The van der Waals surface area contributed by atoms with Crippen molar-refractivity contribution in [3.05, 3.63) is 34.7 Å². The summed E-state index contributed by atoms with van der Waals surface area (Å²) in [6.45, 7) is 2.31. The highest BCUT2D eigenvalue weighted by atomic mass is 32.1. The van der Waals surface area contributed by atoms with Crippen molar-refractivity contribution in [1.82, 2.24) is 15.3 Å². The van der Waals surface area contributed by atoms with Crippen LogP contribution < -0.4 is 15.0 Å². The number of hydrogen-bond donors (Lipinski definition) is 1. The number of nitrogens with zero attached hydrogens (tertiary/aromatic N) is 3. The Bertz CT molecular complexity index is 845. The molecule has 1 spiro atoms. The van der Waals surface area contributed by atoms with Gasteiger partial charge in [-0.1, -0.05) is 6.07 Å². The number of hydrogen-bond acceptors (Lipinski definition) is 7. The van der Waals surface area contributed by atoms with E-state index in [1.54, 1.807) is 19.4 Å². The Kier molecular flexibility index (Phi) is 4.05. The summed E-state index contributed by atoms with van der Waals surface area (Å²) >= 11 is 1.47. The van der Waals surface area contributed by atoms with Gasteiger partial charge in [-0.3, -0.25) is 4.79 Å². The normalized spacial score (nSPS) is 31.1. The Morgan fingerprint density at radius 2 is 2.44 bits per heavy atom. The molecule has 3 aliphatic heterocycles. The summed E-state index contributed by atoms with van der Waals surface area (Å²) in [5.74, 6) is 1.98. The number of rotatable bonds is 5. The average molecular weight is 386 g/mol. The maximum Gasteiger partial charge on any atom is 0.261 e. The molecule has 27 heavy (non-hydrogen) atoms. The molecule has 0 unspecified atom stereocenters. The van der Waals surface area contributed by atoms with Crippen molar-refractivity contribution < 1.29 is 14.3 Å². The van der Waals surface area contributed by atoms with E-state index >= 15 is 0 Å². The van der Waals surface area contributed by atoms with Crippen LogP contribution in [0.3, 0.4) is 0 Å². The molecule has 2 aromatic rings. The maximum atomic E-state index is 12.3. The maximum absolute atomic E-state index is 12.3. The standard InChI is InChI=1S/C19H22N4O3S/c1-25-16-5-7-20-18(22-16)23-10-13-12(14-4-6-19(13,11-23)26-14)9-21-17(24)15-3-2-8-27-15/h2-3,5,7-8,12-14H,4,6,9-11H2,1H3,(H,21,24)/t12-,13+,14+,19+/m0/s1. The molecular weight excluding hydrogens is 364 g/mol. The van der Waals surface area contributed by atoms with Crippen LogP contribution >= 0.6 is 11.3 Å². The third kappa shape index (κ3) is 2.78. The molecule has 3 fully saturated rings. The SMILES string of the molecule is COc1ccnc(N2C[C@@H]3[C@H](CNC(=O)c4cccs4)[C@H]4CC[C@]3(C2)O4)n1. The second kappa shape index (κ2) is 6.45. The van der Waals surface area contributed by atoms with Crippen LogP contribution in [0.2, 0.25) is 0 Å². The summed E-state index contributed by atoms with van der Waals surface area (Å²) < 4.78 is 11.7. The fraction of sp³-hybridized carbons (Fsp3) is 0.526. The molecule has 142 valence electrons. The van der Waals surface area contributed by atoms with E-state index in [-0.39, 0.29) is 17.6 Å². The first kappa shape index (κ1) is 16.9. The zero-order valence-electron chi connectivity index (χ0n) is 15.1. The largest absolute Gasteiger partial charge is 0.481 e. The minimum absolute atomic E-state index is 0.00723. The van der Waals surface area contributed by atoms with Crippen molar-refractivity contribution in [3.63, 3.8) is 0 Å². The summed E-state index contributed by atoms with van der Waals surface area (Å²) in [7, 11) is 1.61. The van der Waals surface area contributed by atoms with Crippen LogP contribution in [0.4, 0.5) is 5.95 Å². The van der Waals surface area contributed by atoms with Crippen molar-refractivity contribution in [3.8, 4) is 5.88 Å². The van der Waals surface area contributed by atoms with Gasteiger partial charge in [0.15, 0.2) is 0 Å². The second-order valence-electron chi connectivity index (χ2n) is 7.50. The smallest absolute Gasteiger partial charge is 0.261 e. The molecular formula is C19H22N4O3S. The molecule has 0 radical (unpaired) electrons. The Morgan fingerprint density at radius 3 is 3.26 bits per heavy atom. The lowest BCUT2D eigenvalue weighted by molar-refractivity contribution is 0.0141. The first-order valence-corrected chi connectivity index (χ1v) is 10.2. The van der Waals surface area contributed by atoms with Gasteiger partial charge >= 0.3 is 0 Å². The minimum Gasteiger partial charge on any atom is -0.481 e. The zero-order valence-corrected chi connectivity index (χ0v) is 15.9. The average Bonchev–Trinajstić information content (AvgIpc) is 3.46. The number of amides is 1. The highest BCUT2D eigenvalue weighted by molar-refractivity contribution is 7.12.